The molecule has 1 saturated heterocycles. The topological polar surface area (TPSA) is 75.8 Å². The minimum atomic E-state index is -0.246. The Kier molecular flexibility index (Phi) is 6.75. The van der Waals surface area contributed by atoms with E-state index in [9.17, 15) is 9.90 Å². The van der Waals surface area contributed by atoms with Crippen LogP contribution < -0.4 is 5.73 Å². The fourth-order valence-electron chi connectivity index (χ4n) is 2.51. The van der Waals surface area contributed by atoms with Crippen LogP contribution in [0.4, 0.5) is 0 Å². The van der Waals surface area contributed by atoms with Crippen LogP contribution in [0.25, 0.3) is 0 Å². The maximum atomic E-state index is 12.3. The van der Waals surface area contributed by atoms with Crippen LogP contribution in [0.3, 0.4) is 0 Å². The van der Waals surface area contributed by atoms with Gasteiger partial charge < -0.3 is 20.5 Å². The van der Waals surface area contributed by atoms with Crippen molar-refractivity contribution < 1.29 is 14.6 Å². The number of carbonyl (C=O) groups excluding carboxylic acids is 1. The number of hydrogen-bond acceptors (Lipinski definition) is 4. The summed E-state index contributed by atoms with van der Waals surface area (Å²) < 4.78 is 5.55. The van der Waals surface area contributed by atoms with Crippen LogP contribution in [0.5, 0.6) is 0 Å². The molecule has 4 atom stereocenters. The van der Waals surface area contributed by atoms with Gasteiger partial charge in [0.05, 0.1) is 18.8 Å². The minimum absolute atomic E-state index is 0.00823. The van der Waals surface area contributed by atoms with Gasteiger partial charge in [-0.1, -0.05) is 13.3 Å². The first-order chi connectivity index (χ1) is 8.93. The van der Waals surface area contributed by atoms with E-state index in [2.05, 4.69) is 0 Å². The number of rotatable bonds is 6. The molecule has 0 spiro atoms. The third-order valence-electron chi connectivity index (χ3n) is 3.56. The summed E-state index contributed by atoms with van der Waals surface area (Å²) in [5.41, 5.74) is 5.71. The summed E-state index contributed by atoms with van der Waals surface area (Å²) in [5, 5.41) is 9.17. The van der Waals surface area contributed by atoms with Gasteiger partial charge in [0, 0.05) is 25.0 Å². The Labute approximate surface area is 116 Å². The van der Waals surface area contributed by atoms with Gasteiger partial charge in [-0.05, 0) is 26.7 Å². The summed E-state index contributed by atoms with van der Waals surface area (Å²) in [5.74, 6) is 0.182. The Morgan fingerprint density at radius 3 is 2.68 bits per heavy atom. The highest BCUT2D eigenvalue weighted by atomic mass is 16.5. The molecule has 0 saturated carbocycles. The van der Waals surface area contributed by atoms with Gasteiger partial charge in [-0.25, -0.2) is 0 Å². The molecule has 5 heteroatoms. The Balaban J connectivity index is 2.42. The van der Waals surface area contributed by atoms with E-state index in [0.717, 1.165) is 19.3 Å². The molecule has 5 nitrogen and oxygen atoms in total. The average molecular weight is 272 g/mol. The molecule has 4 unspecified atom stereocenters. The van der Waals surface area contributed by atoms with E-state index in [4.69, 9.17) is 10.5 Å². The van der Waals surface area contributed by atoms with Crippen LogP contribution in [0.1, 0.15) is 40.0 Å². The number of hydrogen-bond donors (Lipinski definition) is 2. The lowest BCUT2D eigenvalue weighted by Crippen LogP contribution is -2.51. The number of nitrogens with zero attached hydrogens (tertiary/aromatic N) is 1. The highest BCUT2D eigenvalue weighted by Gasteiger charge is 2.29. The monoisotopic (exact) mass is 272 g/mol. The molecule has 1 rings (SSSR count). The fourth-order valence-corrected chi connectivity index (χ4v) is 2.51. The van der Waals surface area contributed by atoms with E-state index in [-0.39, 0.29) is 36.7 Å². The molecular weight excluding hydrogens is 244 g/mol. The van der Waals surface area contributed by atoms with Gasteiger partial charge in [0.25, 0.3) is 0 Å². The Bertz CT molecular complexity index is 284. The number of morpholine rings is 1. The standard InChI is InChI=1S/C14H28N2O3/c1-10(5-4-6-11(2)15)14(18)16-7-12(3)19-13(8-16)9-17/h10-13,17H,4-9,15H2,1-3H3. The summed E-state index contributed by atoms with van der Waals surface area (Å²) in [6, 6.07) is 0.199. The minimum Gasteiger partial charge on any atom is -0.394 e. The molecule has 1 heterocycles. The van der Waals surface area contributed by atoms with E-state index in [1.54, 1.807) is 0 Å². The molecule has 19 heavy (non-hydrogen) atoms. The number of aliphatic hydroxyl groups is 1. The Morgan fingerprint density at radius 2 is 2.11 bits per heavy atom. The first-order valence-electron chi connectivity index (χ1n) is 7.24. The number of nitrogens with two attached hydrogens (primary N) is 1. The summed E-state index contributed by atoms with van der Waals surface area (Å²) in [6.07, 6.45) is 2.55. The second-order valence-electron chi connectivity index (χ2n) is 5.80. The summed E-state index contributed by atoms with van der Waals surface area (Å²) in [4.78, 5) is 14.2. The lowest BCUT2D eigenvalue weighted by molar-refractivity contribution is -0.150. The normalized spacial score (nSPS) is 27.1. The average Bonchev–Trinajstić information content (AvgIpc) is 2.36. The highest BCUT2D eigenvalue weighted by molar-refractivity contribution is 5.78. The molecule has 112 valence electrons. The summed E-state index contributed by atoms with van der Waals surface area (Å²) >= 11 is 0. The van der Waals surface area contributed by atoms with Crippen LogP contribution in [0.15, 0.2) is 0 Å². The molecular formula is C14H28N2O3. The van der Waals surface area contributed by atoms with Crippen molar-refractivity contribution in [1.29, 1.82) is 0 Å². The smallest absolute Gasteiger partial charge is 0.225 e. The molecule has 0 aromatic heterocycles. The van der Waals surface area contributed by atoms with Gasteiger partial charge in [0.2, 0.25) is 5.91 Å². The maximum absolute atomic E-state index is 12.3. The predicted octanol–water partition coefficient (Wildman–Crippen LogP) is 0.748. The lowest BCUT2D eigenvalue weighted by atomic mass is 10.00. The van der Waals surface area contributed by atoms with Crippen molar-refractivity contribution in [1.82, 2.24) is 4.90 Å². The van der Waals surface area contributed by atoms with E-state index in [1.807, 2.05) is 25.7 Å². The van der Waals surface area contributed by atoms with Crippen LogP contribution >= 0.6 is 0 Å². The van der Waals surface area contributed by atoms with Crippen LogP contribution in [-0.2, 0) is 9.53 Å². The van der Waals surface area contributed by atoms with Gasteiger partial charge in [-0.3, -0.25) is 4.79 Å². The van der Waals surface area contributed by atoms with Crippen molar-refractivity contribution in [3.05, 3.63) is 0 Å². The molecule has 0 bridgehead atoms. The molecule has 1 aliphatic rings. The number of amides is 1. The molecule has 0 aliphatic carbocycles. The fraction of sp³-hybridized carbons (Fsp3) is 0.929. The number of carbonyl (C=O) groups is 1. The Morgan fingerprint density at radius 1 is 1.42 bits per heavy atom. The molecule has 0 radical (unpaired) electrons. The number of ether oxygens (including phenoxy) is 1. The van der Waals surface area contributed by atoms with Gasteiger partial charge in [0.15, 0.2) is 0 Å². The number of aliphatic hydroxyl groups excluding tert-OH is 1. The SMILES string of the molecule is CC(N)CCCC(C)C(=O)N1CC(C)OC(CO)C1. The van der Waals surface area contributed by atoms with E-state index >= 15 is 0 Å². The lowest BCUT2D eigenvalue weighted by Gasteiger charge is -2.37. The second kappa shape index (κ2) is 7.82. The van der Waals surface area contributed by atoms with Gasteiger partial charge in [-0.15, -0.1) is 0 Å². The Hall–Kier alpha value is -0.650. The first-order valence-corrected chi connectivity index (χ1v) is 7.24. The first kappa shape index (κ1) is 16.4. The van der Waals surface area contributed by atoms with Gasteiger partial charge >= 0.3 is 0 Å². The van der Waals surface area contributed by atoms with Crippen LogP contribution in [-0.4, -0.2) is 53.9 Å². The van der Waals surface area contributed by atoms with Crippen molar-refractivity contribution in [3.8, 4) is 0 Å². The molecule has 0 aromatic rings. The third-order valence-corrected chi connectivity index (χ3v) is 3.56. The third kappa shape index (κ3) is 5.47. The molecule has 0 aromatic carbocycles. The molecule has 1 amide bonds. The van der Waals surface area contributed by atoms with E-state index < -0.39 is 0 Å². The van der Waals surface area contributed by atoms with Crippen molar-refractivity contribution >= 4 is 5.91 Å². The van der Waals surface area contributed by atoms with E-state index in [0.29, 0.717) is 13.1 Å². The van der Waals surface area contributed by atoms with Crippen molar-refractivity contribution in [3.63, 3.8) is 0 Å². The zero-order valence-electron chi connectivity index (χ0n) is 12.3. The van der Waals surface area contributed by atoms with Crippen molar-refractivity contribution in [2.75, 3.05) is 19.7 Å². The van der Waals surface area contributed by atoms with Crippen molar-refractivity contribution in [2.45, 2.75) is 58.3 Å². The van der Waals surface area contributed by atoms with Crippen LogP contribution in [0, 0.1) is 5.92 Å². The zero-order valence-corrected chi connectivity index (χ0v) is 12.3. The van der Waals surface area contributed by atoms with Crippen LogP contribution in [0.2, 0.25) is 0 Å². The van der Waals surface area contributed by atoms with Gasteiger partial charge in [-0.2, -0.15) is 0 Å². The van der Waals surface area contributed by atoms with E-state index in [1.165, 1.54) is 0 Å². The second-order valence-corrected chi connectivity index (χ2v) is 5.80. The molecule has 1 aliphatic heterocycles. The maximum Gasteiger partial charge on any atom is 0.225 e. The quantitative estimate of drug-likeness (QED) is 0.748. The van der Waals surface area contributed by atoms with Crippen molar-refractivity contribution in [2.24, 2.45) is 11.7 Å². The summed E-state index contributed by atoms with van der Waals surface area (Å²) in [6.45, 7) is 6.97. The largest absolute Gasteiger partial charge is 0.394 e. The molecule has 1 fully saturated rings. The van der Waals surface area contributed by atoms with Gasteiger partial charge in [0.1, 0.15) is 0 Å². The highest BCUT2D eigenvalue weighted by Crippen LogP contribution is 2.17. The summed E-state index contributed by atoms with van der Waals surface area (Å²) in [7, 11) is 0. The zero-order chi connectivity index (χ0) is 14.4. The predicted molar refractivity (Wildman–Crippen MR) is 74.7 cm³/mol. The molecule has 3 N–H and O–H groups in total.